The van der Waals surface area contributed by atoms with Gasteiger partial charge in [0.15, 0.2) is 0 Å². The first kappa shape index (κ1) is 32.8. The van der Waals surface area contributed by atoms with Crippen LogP contribution in [0.3, 0.4) is 0 Å². The number of methoxy groups -OCH3 is 1. The molecule has 1 amide bonds. The number of carbonyl (C=O) groups excluding carboxylic acids is 1. The molecule has 1 heterocycles. The van der Waals surface area contributed by atoms with Crippen LogP contribution in [0, 0.1) is 5.92 Å². The Hall–Kier alpha value is -2.45. The summed E-state index contributed by atoms with van der Waals surface area (Å²) in [5, 5.41) is 24.5. The van der Waals surface area contributed by atoms with Crippen molar-refractivity contribution in [2.75, 3.05) is 12.4 Å². The third-order valence-corrected chi connectivity index (χ3v) is 12.1. The summed E-state index contributed by atoms with van der Waals surface area (Å²) in [5.41, 5.74) is 2.57. The van der Waals surface area contributed by atoms with Crippen LogP contribution in [0.25, 0.3) is 0 Å². The Labute approximate surface area is 236 Å². The summed E-state index contributed by atoms with van der Waals surface area (Å²) < 4.78 is 12.1. The summed E-state index contributed by atoms with van der Waals surface area (Å²) >= 11 is 0. The number of carbonyl (C=O) groups is 1. The van der Waals surface area contributed by atoms with Crippen molar-refractivity contribution in [2.24, 2.45) is 5.92 Å². The Balaban J connectivity index is 2.41. The Kier molecular flexibility index (Phi) is 12.4. The van der Waals surface area contributed by atoms with E-state index in [1.54, 1.807) is 7.11 Å². The molecule has 39 heavy (non-hydrogen) atoms. The van der Waals surface area contributed by atoms with E-state index < -0.39 is 20.5 Å². The minimum atomic E-state index is -2.09. The van der Waals surface area contributed by atoms with Crippen LogP contribution in [-0.2, 0) is 16.0 Å². The Morgan fingerprint density at radius 1 is 1.05 bits per heavy atom. The van der Waals surface area contributed by atoms with Crippen LogP contribution in [0.4, 0.5) is 5.69 Å². The number of aliphatic hydroxyl groups is 2. The highest BCUT2D eigenvalue weighted by Crippen LogP contribution is 2.38. The van der Waals surface area contributed by atoms with Gasteiger partial charge in [0.05, 0.1) is 24.7 Å². The maximum absolute atomic E-state index is 12.9. The van der Waals surface area contributed by atoms with Gasteiger partial charge in [-0.25, -0.2) is 0 Å². The van der Waals surface area contributed by atoms with Crippen molar-refractivity contribution in [3.8, 4) is 5.75 Å². The number of nitrogens with one attached hydrogen (secondary N) is 1. The molecule has 0 unspecified atom stereocenters. The van der Waals surface area contributed by atoms with E-state index in [2.05, 4.69) is 45.2 Å². The minimum absolute atomic E-state index is 0.0348. The van der Waals surface area contributed by atoms with Crippen LogP contribution in [0.5, 0.6) is 5.75 Å². The lowest BCUT2D eigenvalue weighted by molar-refractivity contribution is -0.117. The van der Waals surface area contributed by atoms with Crippen molar-refractivity contribution in [2.45, 2.75) is 96.7 Å². The summed E-state index contributed by atoms with van der Waals surface area (Å²) in [6.07, 6.45) is 13.5. The normalized spacial score (nSPS) is 28.3. The van der Waals surface area contributed by atoms with Gasteiger partial charge < -0.3 is 24.7 Å². The molecule has 0 aromatic heterocycles. The molecular weight excluding hydrogens is 506 g/mol. The number of aryl methyl sites for hydroxylation is 1. The van der Waals surface area contributed by atoms with Crippen molar-refractivity contribution in [3.63, 3.8) is 0 Å². The maximum Gasteiger partial charge on any atom is 0.250 e. The Bertz CT molecular complexity index is 1070. The Morgan fingerprint density at radius 3 is 2.41 bits per heavy atom. The van der Waals surface area contributed by atoms with E-state index in [1.165, 1.54) is 0 Å². The fourth-order valence-electron chi connectivity index (χ4n) is 4.05. The first-order valence-electron chi connectivity index (χ1n) is 13.9. The van der Waals surface area contributed by atoms with Crippen molar-refractivity contribution < 1.29 is 24.2 Å². The van der Waals surface area contributed by atoms with E-state index >= 15 is 0 Å². The van der Waals surface area contributed by atoms with Crippen LogP contribution >= 0.6 is 0 Å². The zero-order valence-corrected chi connectivity index (χ0v) is 26.0. The zero-order chi connectivity index (χ0) is 29.2. The SMILES string of the molecule is CO[C@H]1/C=C/C=C/C=C/C[C@H](O)[C@H](C)[C@@H](O)/C(C)=C\CCc2cc(cc(O[Si](C)(C)C(C)(C)C)c2)NC(=O)C1. The quantitative estimate of drug-likeness (QED) is 0.285. The number of hydrogen-bond donors (Lipinski definition) is 3. The largest absolute Gasteiger partial charge is 0.543 e. The van der Waals surface area contributed by atoms with Gasteiger partial charge in [0, 0.05) is 24.8 Å². The number of hydrogen-bond acceptors (Lipinski definition) is 5. The second-order valence-corrected chi connectivity index (χ2v) is 16.8. The van der Waals surface area contributed by atoms with Gasteiger partial charge in [-0.05, 0) is 67.6 Å². The summed E-state index contributed by atoms with van der Waals surface area (Å²) in [4.78, 5) is 12.9. The molecule has 1 aromatic rings. The number of rotatable bonds is 3. The first-order valence-corrected chi connectivity index (χ1v) is 16.8. The molecule has 216 valence electrons. The van der Waals surface area contributed by atoms with Gasteiger partial charge in [-0.1, -0.05) is 70.2 Å². The molecular formula is C32H49NO5Si. The molecule has 1 aliphatic rings. The maximum atomic E-state index is 12.9. The van der Waals surface area contributed by atoms with Crippen LogP contribution in [-0.4, -0.2) is 49.9 Å². The van der Waals surface area contributed by atoms with E-state index in [0.29, 0.717) is 18.5 Å². The van der Waals surface area contributed by atoms with Gasteiger partial charge in [0.2, 0.25) is 14.2 Å². The lowest BCUT2D eigenvalue weighted by Gasteiger charge is -2.36. The van der Waals surface area contributed by atoms with Crippen LogP contribution in [0.1, 0.15) is 59.4 Å². The second kappa shape index (κ2) is 14.8. The molecule has 6 nitrogen and oxygen atoms in total. The molecule has 1 aromatic carbocycles. The predicted octanol–water partition coefficient (Wildman–Crippen LogP) is 6.72. The molecule has 0 radical (unpaired) electrons. The molecule has 3 N–H and O–H groups in total. The number of aliphatic hydroxyl groups excluding tert-OH is 2. The van der Waals surface area contributed by atoms with Crippen molar-refractivity contribution in [3.05, 3.63) is 71.9 Å². The van der Waals surface area contributed by atoms with Crippen molar-refractivity contribution >= 4 is 19.9 Å². The molecule has 0 spiro atoms. The van der Waals surface area contributed by atoms with Gasteiger partial charge in [-0.3, -0.25) is 4.79 Å². The lowest BCUT2D eigenvalue weighted by atomic mass is 9.90. The highest BCUT2D eigenvalue weighted by Gasteiger charge is 2.39. The van der Waals surface area contributed by atoms with Crippen molar-refractivity contribution in [1.29, 1.82) is 0 Å². The molecule has 0 fully saturated rings. The van der Waals surface area contributed by atoms with Gasteiger partial charge >= 0.3 is 0 Å². The number of amides is 1. The number of ether oxygens (including phenoxy) is 1. The molecule has 1 aliphatic heterocycles. The summed E-state index contributed by atoms with van der Waals surface area (Å²) in [6, 6.07) is 5.94. The highest BCUT2D eigenvalue weighted by atomic mass is 28.4. The summed E-state index contributed by atoms with van der Waals surface area (Å²) in [6.45, 7) is 14.8. The average molecular weight is 556 g/mol. The Morgan fingerprint density at radius 2 is 1.74 bits per heavy atom. The number of anilines is 1. The monoisotopic (exact) mass is 555 g/mol. The molecule has 0 saturated carbocycles. The topological polar surface area (TPSA) is 88.0 Å². The highest BCUT2D eigenvalue weighted by molar-refractivity contribution is 6.74. The molecule has 7 heteroatoms. The first-order chi connectivity index (χ1) is 18.2. The van der Waals surface area contributed by atoms with E-state index in [1.807, 2.05) is 68.5 Å². The number of benzene rings is 1. The number of allylic oxidation sites excluding steroid dienone is 5. The summed E-state index contributed by atoms with van der Waals surface area (Å²) in [5.74, 6) is 0.319. The zero-order valence-electron chi connectivity index (χ0n) is 25.0. The van der Waals surface area contributed by atoms with Crippen molar-refractivity contribution in [1.82, 2.24) is 0 Å². The third-order valence-electron chi connectivity index (χ3n) is 7.76. The lowest BCUT2D eigenvalue weighted by Crippen LogP contribution is -2.43. The van der Waals surface area contributed by atoms with Gasteiger partial charge in [0.1, 0.15) is 5.75 Å². The van der Waals surface area contributed by atoms with Crippen LogP contribution < -0.4 is 9.74 Å². The fraction of sp³-hybridized carbons (Fsp3) is 0.531. The third kappa shape index (κ3) is 10.6. The minimum Gasteiger partial charge on any atom is -0.543 e. The summed E-state index contributed by atoms with van der Waals surface area (Å²) in [7, 11) is -0.501. The van der Waals surface area contributed by atoms with E-state index in [-0.39, 0.29) is 29.4 Å². The van der Waals surface area contributed by atoms with E-state index in [4.69, 9.17) is 9.16 Å². The van der Waals surface area contributed by atoms with E-state index in [0.717, 1.165) is 23.3 Å². The molecule has 4 atom stereocenters. The average Bonchev–Trinajstić information content (AvgIpc) is 2.84. The number of fused-ring (bicyclic) bond motifs is 2. The molecule has 0 saturated heterocycles. The van der Waals surface area contributed by atoms with Crippen LogP contribution in [0.15, 0.2) is 66.3 Å². The predicted molar refractivity (Wildman–Crippen MR) is 164 cm³/mol. The smallest absolute Gasteiger partial charge is 0.250 e. The van der Waals surface area contributed by atoms with Gasteiger partial charge in [-0.15, -0.1) is 0 Å². The molecule has 0 aliphatic carbocycles. The van der Waals surface area contributed by atoms with Gasteiger partial charge in [-0.2, -0.15) is 0 Å². The molecule has 2 bridgehead atoms. The second-order valence-electron chi connectivity index (χ2n) is 12.0. The standard InChI is InChI=1S/C32H49NO5Si/c1-23-15-14-16-25-19-26(21-28(20-25)38-39(7,8)32(3,4)5)33-30(35)22-27(37-6)17-12-10-9-11-13-18-29(34)24(2)31(23)36/h9-13,15,17,19-21,24,27,29,31,34,36H,14,16,18,22H2,1-8H3,(H,33,35)/b10-9+,13-11+,17-12+,23-15-/t24-,27-,29-,31-/m0/s1. The van der Waals surface area contributed by atoms with Crippen LogP contribution in [0.2, 0.25) is 18.1 Å². The molecule has 2 rings (SSSR count). The van der Waals surface area contributed by atoms with Gasteiger partial charge in [0.25, 0.3) is 0 Å². The fourth-order valence-corrected chi connectivity index (χ4v) is 5.06. The van der Waals surface area contributed by atoms with E-state index in [9.17, 15) is 15.0 Å².